The average Bonchev–Trinajstić information content (AvgIpc) is 3.26. The maximum atomic E-state index is 13.4. The molecule has 0 radical (unpaired) electrons. The van der Waals surface area contributed by atoms with Crippen LogP contribution in [0.2, 0.25) is 0 Å². The molecule has 2 aromatic carbocycles. The minimum absolute atomic E-state index is 0.266. The van der Waals surface area contributed by atoms with Gasteiger partial charge in [-0.3, -0.25) is 14.8 Å². The van der Waals surface area contributed by atoms with Crippen molar-refractivity contribution in [3.05, 3.63) is 106 Å². The molecule has 0 saturated carbocycles. The summed E-state index contributed by atoms with van der Waals surface area (Å²) in [6.07, 6.45) is 1.44. The van der Waals surface area contributed by atoms with Crippen LogP contribution >= 0.6 is 11.6 Å². The fraction of sp³-hybridized carbons (Fsp3) is 0.222. The number of carbonyl (C=O) groups excluding carboxylic acids is 1. The summed E-state index contributed by atoms with van der Waals surface area (Å²) >= 11 is 6.70. The number of nitrogens with zero attached hydrogens (tertiary/aromatic N) is 2. The van der Waals surface area contributed by atoms with Crippen molar-refractivity contribution < 1.29 is 19.0 Å². The van der Waals surface area contributed by atoms with Crippen LogP contribution in [0.5, 0.6) is 0 Å². The molecule has 2 atom stereocenters. The third-order valence-corrected chi connectivity index (χ3v) is 6.30. The van der Waals surface area contributed by atoms with E-state index < -0.39 is 12.1 Å². The van der Waals surface area contributed by atoms with Crippen molar-refractivity contribution in [1.82, 2.24) is 10.3 Å². The highest BCUT2D eigenvalue weighted by Crippen LogP contribution is 2.31. The molecule has 2 N–H and O–H groups in total. The number of hydrogen-bond donors (Lipinski definition) is 2. The lowest BCUT2D eigenvalue weighted by atomic mass is 9.98. The number of amides is 1. The van der Waals surface area contributed by atoms with E-state index >= 15 is 0 Å². The maximum Gasteiger partial charge on any atom is 0.252 e. The number of pyridine rings is 1. The molecule has 0 saturated heterocycles. The summed E-state index contributed by atoms with van der Waals surface area (Å²) in [4.78, 5) is 22.3. The third-order valence-electron chi connectivity index (χ3n) is 5.89. The molecular formula is C27H25ClFN3O3. The van der Waals surface area contributed by atoms with Gasteiger partial charge in [0.25, 0.3) is 5.91 Å². The molecule has 1 aliphatic heterocycles. The van der Waals surface area contributed by atoms with E-state index in [1.165, 1.54) is 19.2 Å². The van der Waals surface area contributed by atoms with Crippen LogP contribution in [0.15, 0.2) is 83.0 Å². The second-order valence-corrected chi connectivity index (χ2v) is 8.45. The number of benzene rings is 2. The number of aromatic nitrogens is 1. The minimum Gasteiger partial charge on any atom is -0.394 e. The molecule has 1 aliphatic rings. The molecule has 3 aromatic rings. The molecule has 0 spiro atoms. The Hall–Kier alpha value is -3.39. The van der Waals surface area contributed by atoms with Crippen LogP contribution in [-0.4, -0.2) is 54.1 Å². The van der Waals surface area contributed by atoms with Gasteiger partial charge in [0, 0.05) is 42.1 Å². The number of aliphatic hydroxyl groups is 1. The molecule has 1 amide bonds. The van der Waals surface area contributed by atoms with Crippen molar-refractivity contribution in [2.75, 3.05) is 20.3 Å². The summed E-state index contributed by atoms with van der Waals surface area (Å²) in [6.45, 7) is 0.0621. The van der Waals surface area contributed by atoms with Gasteiger partial charge in [-0.05, 0) is 35.9 Å². The van der Waals surface area contributed by atoms with Crippen LogP contribution < -0.4 is 5.32 Å². The normalized spacial score (nSPS) is 15.0. The summed E-state index contributed by atoms with van der Waals surface area (Å²) in [6, 6.07) is 18.1. The highest BCUT2D eigenvalue weighted by molar-refractivity contribution is 6.50. The van der Waals surface area contributed by atoms with Crippen molar-refractivity contribution in [3.63, 3.8) is 0 Å². The summed E-state index contributed by atoms with van der Waals surface area (Å²) < 4.78 is 18.8. The Labute approximate surface area is 208 Å². The third kappa shape index (κ3) is 5.65. The summed E-state index contributed by atoms with van der Waals surface area (Å²) in [7, 11) is 1.49. The first-order valence-corrected chi connectivity index (χ1v) is 11.5. The van der Waals surface area contributed by atoms with Crippen molar-refractivity contribution in [1.29, 1.82) is 0 Å². The SMILES string of the molecule is CO[C@H](CO)[C@@H](Cc1ccccn1)NC(=O)c1ccccc1C1=NCC(c2ccc(F)cc2)=C1Cl. The molecule has 2 heterocycles. The van der Waals surface area contributed by atoms with E-state index in [1.807, 2.05) is 24.3 Å². The lowest BCUT2D eigenvalue weighted by Gasteiger charge is -2.26. The van der Waals surface area contributed by atoms with Crippen molar-refractivity contribution in [2.45, 2.75) is 18.6 Å². The van der Waals surface area contributed by atoms with Gasteiger partial charge in [0.2, 0.25) is 0 Å². The molecule has 0 unspecified atom stereocenters. The number of allylic oxidation sites excluding steroid dienone is 1. The highest BCUT2D eigenvalue weighted by atomic mass is 35.5. The maximum absolute atomic E-state index is 13.4. The van der Waals surface area contributed by atoms with E-state index in [-0.39, 0.29) is 18.3 Å². The Morgan fingerprint density at radius 3 is 2.57 bits per heavy atom. The Bertz CT molecular complexity index is 1240. The second kappa shape index (κ2) is 11.4. The molecular weight excluding hydrogens is 469 g/mol. The molecule has 0 aliphatic carbocycles. The lowest BCUT2D eigenvalue weighted by molar-refractivity contribution is 0.0214. The Morgan fingerprint density at radius 2 is 1.89 bits per heavy atom. The zero-order valence-electron chi connectivity index (χ0n) is 19.1. The van der Waals surface area contributed by atoms with Gasteiger partial charge in [0.15, 0.2) is 0 Å². The van der Waals surface area contributed by atoms with E-state index in [9.17, 15) is 14.3 Å². The Morgan fingerprint density at radius 1 is 1.14 bits per heavy atom. The largest absolute Gasteiger partial charge is 0.394 e. The monoisotopic (exact) mass is 493 g/mol. The fourth-order valence-electron chi connectivity index (χ4n) is 4.03. The number of methoxy groups -OCH3 is 1. The summed E-state index contributed by atoms with van der Waals surface area (Å²) in [5, 5.41) is 13.2. The number of aliphatic hydroxyl groups excluding tert-OH is 1. The number of nitrogens with one attached hydrogen (secondary N) is 1. The van der Waals surface area contributed by atoms with Gasteiger partial charge in [-0.2, -0.15) is 0 Å². The van der Waals surface area contributed by atoms with Crippen LogP contribution in [0.1, 0.15) is 27.2 Å². The van der Waals surface area contributed by atoms with Crippen LogP contribution in [0.4, 0.5) is 4.39 Å². The number of aliphatic imine (C=N–C) groups is 1. The molecule has 180 valence electrons. The Balaban J connectivity index is 1.61. The molecule has 35 heavy (non-hydrogen) atoms. The van der Waals surface area contributed by atoms with Gasteiger partial charge in [-0.1, -0.05) is 48.0 Å². The first-order valence-electron chi connectivity index (χ1n) is 11.1. The number of ether oxygens (including phenoxy) is 1. The predicted molar refractivity (Wildman–Crippen MR) is 134 cm³/mol. The van der Waals surface area contributed by atoms with Gasteiger partial charge in [-0.15, -0.1) is 0 Å². The predicted octanol–water partition coefficient (Wildman–Crippen LogP) is 4.02. The van der Waals surface area contributed by atoms with E-state index in [0.29, 0.717) is 34.8 Å². The van der Waals surface area contributed by atoms with E-state index in [1.54, 1.807) is 36.5 Å². The average molecular weight is 494 g/mol. The second-order valence-electron chi connectivity index (χ2n) is 8.07. The first kappa shape index (κ1) is 24.7. The lowest BCUT2D eigenvalue weighted by Crippen LogP contribution is -2.47. The fourth-order valence-corrected chi connectivity index (χ4v) is 4.36. The van der Waals surface area contributed by atoms with Gasteiger partial charge in [0.1, 0.15) is 11.9 Å². The van der Waals surface area contributed by atoms with Crippen molar-refractivity contribution >= 4 is 28.8 Å². The van der Waals surface area contributed by atoms with E-state index in [2.05, 4.69) is 15.3 Å². The van der Waals surface area contributed by atoms with Crippen molar-refractivity contribution in [3.8, 4) is 0 Å². The van der Waals surface area contributed by atoms with Crippen LogP contribution in [0, 0.1) is 5.82 Å². The topological polar surface area (TPSA) is 83.8 Å². The smallest absolute Gasteiger partial charge is 0.252 e. The highest BCUT2D eigenvalue weighted by Gasteiger charge is 2.28. The van der Waals surface area contributed by atoms with Crippen molar-refractivity contribution in [2.24, 2.45) is 4.99 Å². The first-order chi connectivity index (χ1) is 17.0. The van der Waals surface area contributed by atoms with E-state index in [4.69, 9.17) is 16.3 Å². The zero-order valence-corrected chi connectivity index (χ0v) is 19.9. The summed E-state index contributed by atoms with van der Waals surface area (Å²) in [5.74, 6) is -0.677. The Kier molecular flexibility index (Phi) is 8.02. The van der Waals surface area contributed by atoms with E-state index in [0.717, 1.165) is 16.8 Å². The number of rotatable bonds is 9. The van der Waals surface area contributed by atoms with Gasteiger partial charge >= 0.3 is 0 Å². The molecule has 1 aromatic heterocycles. The number of hydrogen-bond acceptors (Lipinski definition) is 5. The van der Waals surface area contributed by atoms with Gasteiger partial charge < -0.3 is 15.2 Å². The number of halogens is 2. The zero-order chi connectivity index (χ0) is 24.8. The molecule has 0 bridgehead atoms. The number of carbonyl (C=O) groups is 1. The minimum atomic E-state index is -0.620. The van der Waals surface area contributed by atoms with Crippen LogP contribution in [0.25, 0.3) is 5.57 Å². The van der Waals surface area contributed by atoms with Gasteiger partial charge in [0.05, 0.1) is 29.9 Å². The molecule has 6 nitrogen and oxygen atoms in total. The standard InChI is InChI=1S/C27H25ClFN3O3/c1-35-24(16-33)23(14-19-6-4-5-13-30-19)32-27(34)21-8-3-2-7-20(21)26-25(28)22(15-31-26)17-9-11-18(29)12-10-17/h2-13,23-24,33H,14-16H2,1H3,(H,32,34)/t23-,24-/m1/s1. The molecule has 8 heteroatoms. The van der Waals surface area contributed by atoms with Gasteiger partial charge in [-0.25, -0.2) is 4.39 Å². The summed E-state index contributed by atoms with van der Waals surface area (Å²) in [5.41, 5.74) is 3.79. The van der Waals surface area contributed by atoms with Crippen LogP contribution in [-0.2, 0) is 11.2 Å². The quantitative estimate of drug-likeness (QED) is 0.471. The molecule has 4 rings (SSSR count). The van der Waals surface area contributed by atoms with Crippen LogP contribution in [0.3, 0.4) is 0 Å². The molecule has 0 fully saturated rings.